The molecule has 1 rings (SSSR count). The van der Waals surface area contributed by atoms with Crippen LogP contribution in [0.3, 0.4) is 0 Å². The third kappa shape index (κ3) is 4.64. The molecule has 1 amide bonds. The minimum absolute atomic E-state index is 0.0619. The topological polar surface area (TPSA) is 55.6 Å². The van der Waals surface area contributed by atoms with E-state index in [4.69, 9.17) is 10.5 Å². The van der Waals surface area contributed by atoms with E-state index in [0.717, 1.165) is 32.6 Å². The van der Waals surface area contributed by atoms with Crippen molar-refractivity contribution in [2.45, 2.75) is 39.7 Å². The maximum Gasteiger partial charge on any atom is 0.239 e. The van der Waals surface area contributed by atoms with Gasteiger partial charge >= 0.3 is 0 Å². The fraction of sp³-hybridized carbons (Fsp3) is 0.923. The van der Waals surface area contributed by atoms with Crippen molar-refractivity contribution < 1.29 is 9.53 Å². The molecule has 0 saturated carbocycles. The molecule has 0 spiro atoms. The molecule has 17 heavy (non-hydrogen) atoms. The second kappa shape index (κ2) is 5.83. The van der Waals surface area contributed by atoms with Crippen LogP contribution in [0, 0.1) is 11.3 Å². The van der Waals surface area contributed by atoms with Crippen LogP contribution in [0.4, 0.5) is 0 Å². The summed E-state index contributed by atoms with van der Waals surface area (Å²) < 4.78 is 5.29. The smallest absolute Gasteiger partial charge is 0.239 e. The van der Waals surface area contributed by atoms with Crippen LogP contribution in [-0.2, 0) is 9.53 Å². The highest BCUT2D eigenvalue weighted by Crippen LogP contribution is 2.20. The third-order valence-corrected chi connectivity index (χ3v) is 3.15. The molecule has 0 aromatic carbocycles. The largest absolute Gasteiger partial charge is 0.381 e. The van der Waals surface area contributed by atoms with Crippen molar-refractivity contribution in [2.24, 2.45) is 17.1 Å². The van der Waals surface area contributed by atoms with Gasteiger partial charge in [0.2, 0.25) is 5.91 Å². The first-order valence-corrected chi connectivity index (χ1v) is 6.39. The van der Waals surface area contributed by atoms with Crippen molar-refractivity contribution in [1.29, 1.82) is 0 Å². The number of carbonyl (C=O) groups excluding carboxylic acids is 1. The van der Waals surface area contributed by atoms with Crippen LogP contribution < -0.4 is 5.73 Å². The van der Waals surface area contributed by atoms with E-state index in [-0.39, 0.29) is 23.3 Å². The molecular weight excluding hydrogens is 216 g/mol. The summed E-state index contributed by atoms with van der Waals surface area (Å²) >= 11 is 0. The van der Waals surface area contributed by atoms with Gasteiger partial charge in [0.1, 0.15) is 0 Å². The molecule has 1 aliphatic rings. The van der Waals surface area contributed by atoms with Crippen LogP contribution in [0.5, 0.6) is 0 Å². The Morgan fingerprint density at radius 1 is 1.41 bits per heavy atom. The lowest BCUT2D eigenvalue weighted by Crippen LogP contribution is -2.49. The standard InChI is InChI=1S/C13H26N2O2/c1-13(2,3)9-15(4)12(16)11(14)10-5-7-17-8-6-10/h10-11H,5-9,14H2,1-4H3. The summed E-state index contributed by atoms with van der Waals surface area (Å²) in [7, 11) is 1.84. The Labute approximate surface area is 104 Å². The number of ether oxygens (including phenoxy) is 1. The molecule has 1 unspecified atom stereocenters. The number of nitrogens with zero attached hydrogens (tertiary/aromatic N) is 1. The Bertz CT molecular complexity index is 255. The van der Waals surface area contributed by atoms with E-state index in [1.807, 2.05) is 7.05 Å². The van der Waals surface area contributed by atoms with E-state index in [1.54, 1.807) is 4.90 Å². The molecule has 0 aliphatic carbocycles. The Kier molecular flexibility index (Phi) is 4.95. The SMILES string of the molecule is CN(CC(C)(C)C)C(=O)C(N)C1CCOCC1. The van der Waals surface area contributed by atoms with E-state index in [0.29, 0.717) is 0 Å². The zero-order valence-corrected chi connectivity index (χ0v) is 11.5. The molecule has 0 aromatic heterocycles. The summed E-state index contributed by atoms with van der Waals surface area (Å²) in [6, 6.07) is -0.369. The summed E-state index contributed by atoms with van der Waals surface area (Å²) in [5, 5.41) is 0. The van der Waals surface area contributed by atoms with Gasteiger partial charge in [0.25, 0.3) is 0 Å². The Morgan fingerprint density at radius 3 is 2.41 bits per heavy atom. The van der Waals surface area contributed by atoms with Crippen LogP contribution in [-0.4, -0.2) is 43.7 Å². The number of nitrogens with two attached hydrogens (primary N) is 1. The van der Waals surface area contributed by atoms with Crippen LogP contribution >= 0.6 is 0 Å². The highest BCUT2D eigenvalue weighted by Gasteiger charge is 2.29. The maximum absolute atomic E-state index is 12.2. The predicted molar refractivity (Wildman–Crippen MR) is 68.6 cm³/mol. The Hall–Kier alpha value is -0.610. The van der Waals surface area contributed by atoms with Crippen LogP contribution in [0.1, 0.15) is 33.6 Å². The summed E-state index contributed by atoms with van der Waals surface area (Å²) in [4.78, 5) is 13.9. The van der Waals surface area contributed by atoms with Crippen molar-refractivity contribution >= 4 is 5.91 Å². The summed E-state index contributed by atoms with van der Waals surface area (Å²) in [5.74, 6) is 0.338. The van der Waals surface area contributed by atoms with E-state index in [1.165, 1.54) is 0 Å². The number of amides is 1. The highest BCUT2D eigenvalue weighted by molar-refractivity contribution is 5.81. The summed E-state index contributed by atoms with van der Waals surface area (Å²) in [6.07, 6.45) is 1.80. The summed E-state index contributed by atoms with van der Waals surface area (Å²) in [5.41, 5.74) is 6.18. The molecule has 1 aliphatic heterocycles. The number of likely N-dealkylation sites (N-methyl/N-ethyl adjacent to an activating group) is 1. The Balaban J connectivity index is 2.50. The molecule has 0 bridgehead atoms. The van der Waals surface area contributed by atoms with Gasteiger partial charge in [-0.05, 0) is 24.2 Å². The van der Waals surface area contributed by atoms with Gasteiger partial charge < -0.3 is 15.4 Å². The van der Waals surface area contributed by atoms with Crippen molar-refractivity contribution in [3.63, 3.8) is 0 Å². The molecule has 0 radical (unpaired) electrons. The first kappa shape index (κ1) is 14.5. The molecular formula is C13H26N2O2. The normalized spacial score (nSPS) is 20.1. The number of hydrogen-bond donors (Lipinski definition) is 1. The van der Waals surface area contributed by atoms with Crippen molar-refractivity contribution in [1.82, 2.24) is 4.90 Å². The monoisotopic (exact) mass is 242 g/mol. The molecule has 0 aromatic rings. The molecule has 1 heterocycles. The van der Waals surface area contributed by atoms with E-state index in [9.17, 15) is 4.79 Å². The number of hydrogen-bond acceptors (Lipinski definition) is 3. The van der Waals surface area contributed by atoms with Crippen LogP contribution in [0.2, 0.25) is 0 Å². The average Bonchev–Trinajstić information content (AvgIpc) is 2.26. The van der Waals surface area contributed by atoms with E-state index in [2.05, 4.69) is 20.8 Å². The van der Waals surface area contributed by atoms with Crippen molar-refractivity contribution in [3.05, 3.63) is 0 Å². The van der Waals surface area contributed by atoms with E-state index < -0.39 is 0 Å². The van der Waals surface area contributed by atoms with Gasteiger partial charge in [-0.1, -0.05) is 20.8 Å². The van der Waals surface area contributed by atoms with Gasteiger partial charge in [0, 0.05) is 26.8 Å². The maximum atomic E-state index is 12.2. The average molecular weight is 242 g/mol. The molecule has 2 N–H and O–H groups in total. The molecule has 1 fully saturated rings. The fourth-order valence-electron chi connectivity index (χ4n) is 2.32. The van der Waals surface area contributed by atoms with Gasteiger partial charge in [-0.2, -0.15) is 0 Å². The van der Waals surface area contributed by atoms with Crippen molar-refractivity contribution in [3.8, 4) is 0 Å². The van der Waals surface area contributed by atoms with Crippen molar-refractivity contribution in [2.75, 3.05) is 26.8 Å². The van der Waals surface area contributed by atoms with Gasteiger partial charge in [-0.3, -0.25) is 4.79 Å². The second-order valence-corrected chi connectivity index (χ2v) is 6.23. The molecule has 100 valence electrons. The molecule has 4 nitrogen and oxygen atoms in total. The minimum Gasteiger partial charge on any atom is -0.381 e. The number of rotatable bonds is 3. The molecule has 1 saturated heterocycles. The predicted octanol–water partition coefficient (Wildman–Crippen LogP) is 1.24. The fourth-order valence-corrected chi connectivity index (χ4v) is 2.32. The van der Waals surface area contributed by atoms with Gasteiger partial charge in [-0.15, -0.1) is 0 Å². The summed E-state index contributed by atoms with van der Waals surface area (Å²) in [6.45, 7) is 8.57. The highest BCUT2D eigenvalue weighted by atomic mass is 16.5. The van der Waals surface area contributed by atoms with Gasteiger partial charge in [0.15, 0.2) is 0 Å². The lowest BCUT2D eigenvalue weighted by Gasteiger charge is -2.32. The van der Waals surface area contributed by atoms with Crippen LogP contribution in [0.15, 0.2) is 0 Å². The minimum atomic E-state index is -0.369. The number of carbonyl (C=O) groups is 1. The zero-order valence-electron chi connectivity index (χ0n) is 11.5. The Morgan fingerprint density at radius 2 is 1.94 bits per heavy atom. The first-order chi connectivity index (χ1) is 7.81. The van der Waals surface area contributed by atoms with E-state index >= 15 is 0 Å². The first-order valence-electron chi connectivity index (χ1n) is 6.39. The van der Waals surface area contributed by atoms with Crippen LogP contribution in [0.25, 0.3) is 0 Å². The lowest BCUT2D eigenvalue weighted by molar-refractivity contribution is -0.134. The van der Waals surface area contributed by atoms with Gasteiger partial charge in [0.05, 0.1) is 6.04 Å². The third-order valence-electron chi connectivity index (χ3n) is 3.15. The quantitative estimate of drug-likeness (QED) is 0.810. The lowest BCUT2D eigenvalue weighted by atomic mass is 9.90. The zero-order chi connectivity index (χ0) is 13.1. The molecule has 4 heteroatoms. The second-order valence-electron chi connectivity index (χ2n) is 6.23. The van der Waals surface area contributed by atoms with Gasteiger partial charge in [-0.25, -0.2) is 0 Å². The molecule has 1 atom stereocenters.